The molecule has 0 saturated heterocycles. The van der Waals surface area contributed by atoms with Crippen LogP contribution in [0.25, 0.3) is 11.0 Å². The zero-order valence-electron chi connectivity index (χ0n) is 18.3. The van der Waals surface area contributed by atoms with E-state index in [0.717, 1.165) is 42.3 Å². The molecule has 1 saturated carbocycles. The summed E-state index contributed by atoms with van der Waals surface area (Å²) in [6, 6.07) is 16.5. The standard InChI is InChI=1S/C25H29ClN2O3/c1-25(2,3)31-24(29)30-22-11-7-4-8-19(22)18-14-12-17(13-15-18)16-28-21-10-6-5-9-20(21)27-23(28)26/h5-6,9-10,12-15,19,22H,4,7-8,11,16H2,1-3H3/t19-,22-/m1/s1. The molecule has 1 fully saturated rings. The molecule has 5 nitrogen and oxygen atoms in total. The molecule has 0 spiro atoms. The summed E-state index contributed by atoms with van der Waals surface area (Å²) in [5, 5.41) is 0.489. The van der Waals surface area contributed by atoms with Crippen molar-refractivity contribution in [3.8, 4) is 0 Å². The number of carbonyl (C=O) groups is 1. The molecule has 4 rings (SSSR count). The normalized spacial score (nSPS) is 19.4. The summed E-state index contributed by atoms with van der Waals surface area (Å²) >= 11 is 6.38. The summed E-state index contributed by atoms with van der Waals surface area (Å²) in [5.74, 6) is 0.188. The lowest BCUT2D eigenvalue weighted by atomic mass is 9.81. The molecule has 164 valence electrons. The molecule has 3 aromatic rings. The van der Waals surface area contributed by atoms with Gasteiger partial charge in [0.1, 0.15) is 11.7 Å². The first-order valence-corrected chi connectivity index (χ1v) is 11.3. The Morgan fingerprint density at radius 2 is 1.81 bits per heavy atom. The third-order valence-corrected chi connectivity index (χ3v) is 5.98. The Hall–Kier alpha value is -2.53. The van der Waals surface area contributed by atoms with Crippen LogP contribution in [0, 0.1) is 0 Å². The number of rotatable bonds is 4. The van der Waals surface area contributed by atoms with Crippen LogP contribution in [0.3, 0.4) is 0 Å². The van der Waals surface area contributed by atoms with E-state index >= 15 is 0 Å². The molecule has 1 aliphatic carbocycles. The number of ether oxygens (including phenoxy) is 2. The number of halogens is 1. The summed E-state index contributed by atoms with van der Waals surface area (Å²) < 4.78 is 13.1. The molecule has 1 aliphatic rings. The lowest BCUT2D eigenvalue weighted by Gasteiger charge is -2.32. The Balaban J connectivity index is 1.48. The molecule has 0 N–H and O–H groups in total. The van der Waals surface area contributed by atoms with Crippen molar-refractivity contribution in [2.45, 2.75) is 70.6 Å². The largest absolute Gasteiger partial charge is 0.509 e. The Bertz CT molecular complexity index is 1050. The van der Waals surface area contributed by atoms with E-state index in [1.165, 1.54) is 5.56 Å². The fourth-order valence-corrected chi connectivity index (χ4v) is 4.51. The number of nitrogens with zero attached hydrogens (tertiary/aromatic N) is 2. The SMILES string of the molecule is CC(C)(C)OC(=O)O[C@@H]1CCCC[C@@H]1c1ccc(Cn2c(Cl)nc3ccccc32)cc1. The summed E-state index contributed by atoms with van der Waals surface area (Å²) in [7, 11) is 0. The van der Waals surface area contributed by atoms with Crippen LogP contribution in [0.4, 0.5) is 4.79 Å². The van der Waals surface area contributed by atoms with Gasteiger partial charge in [0.05, 0.1) is 17.6 Å². The van der Waals surface area contributed by atoms with Crippen LogP contribution in [0.1, 0.15) is 63.5 Å². The average Bonchev–Trinajstić information content (AvgIpc) is 3.03. The Morgan fingerprint density at radius 3 is 2.55 bits per heavy atom. The second kappa shape index (κ2) is 8.91. The van der Waals surface area contributed by atoms with E-state index < -0.39 is 11.8 Å². The van der Waals surface area contributed by atoms with Gasteiger partial charge < -0.3 is 14.0 Å². The highest BCUT2D eigenvalue weighted by molar-refractivity contribution is 6.29. The maximum atomic E-state index is 12.2. The number of hydrogen-bond acceptors (Lipinski definition) is 4. The van der Waals surface area contributed by atoms with Crippen LogP contribution < -0.4 is 0 Å². The predicted octanol–water partition coefficient (Wildman–Crippen LogP) is 6.72. The van der Waals surface area contributed by atoms with Crippen LogP contribution in [-0.4, -0.2) is 27.4 Å². The molecular formula is C25H29ClN2O3. The number of para-hydroxylation sites is 2. The summed E-state index contributed by atoms with van der Waals surface area (Å²) in [6.07, 6.45) is 3.34. The Labute approximate surface area is 188 Å². The van der Waals surface area contributed by atoms with Gasteiger partial charge in [-0.2, -0.15) is 0 Å². The van der Waals surface area contributed by atoms with Crippen molar-refractivity contribution in [3.63, 3.8) is 0 Å². The van der Waals surface area contributed by atoms with Crippen LogP contribution in [-0.2, 0) is 16.0 Å². The average molecular weight is 441 g/mol. The third kappa shape index (κ3) is 5.21. The van der Waals surface area contributed by atoms with Crippen LogP contribution in [0.5, 0.6) is 0 Å². The summed E-state index contributed by atoms with van der Waals surface area (Å²) in [6.45, 7) is 6.20. The number of aromatic nitrogens is 2. The van der Waals surface area contributed by atoms with Crippen molar-refractivity contribution in [1.82, 2.24) is 9.55 Å². The highest BCUT2D eigenvalue weighted by Crippen LogP contribution is 2.36. The van der Waals surface area contributed by atoms with Crippen molar-refractivity contribution >= 4 is 28.8 Å². The summed E-state index contributed by atoms with van der Waals surface area (Å²) in [5.41, 5.74) is 3.71. The quantitative estimate of drug-likeness (QED) is 0.423. The number of hydrogen-bond donors (Lipinski definition) is 0. The van der Waals surface area contributed by atoms with Crippen LogP contribution >= 0.6 is 11.6 Å². The first-order valence-electron chi connectivity index (χ1n) is 10.9. The fraction of sp³-hybridized carbons (Fsp3) is 0.440. The van der Waals surface area contributed by atoms with Crippen molar-refractivity contribution in [2.24, 2.45) is 0 Å². The second-order valence-electron chi connectivity index (χ2n) is 9.21. The molecule has 2 aromatic carbocycles. The van der Waals surface area contributed by atoms with Gasteiger partial charge in [-0.1, -0.05) is 42.8 Å². The maximum Gasteiger partial charge on any atom is 0.509 e. The zero-order chi connectivity index (χ0) is 22.0. The van der Waals surface area contributed by atoms with E-state index in [1.807, 2.05) is 49.6 Å². The lowest BCUT2D eigenvalue weighted by molar-refractivity contribution is -0.0387. The molecule has 0 unspecified atom stereocenters. The van der Waals surface area contributed by atoms with Crippen LogP contribution in [0.2, 0.25) is 5.28 Å². The maximum absolute atomic E-state index is 12.2. The van der Waals surface area contributed by atoms with Crippen molar-refractivity contribution in [1.29, 1.82) is 0 Å². The van der Waals surface area contributed by atoms with Crippen molar-refractivity contribution in [2.75, 3.05) is 0 Å². The minimum Gasteiger partial charge on any atom is -0.430 e. The number of benzene rings is 2. The minimum absolute atomic E-state index is 0.151. The molecule has 0 radical (unpaired) electrons. The van der Waals surface area contributed by atoms with Gasteiger partial charge in [0.15, 0.2) is 0 Å². The van der Waals surface area contributed by atoms with E-state index in [0.29, 0.717) is 11.8 Å². The highest BCUT2D eigenvalue weighted by Gasteiger charge is 2.31. The fourth-order valence-electron chi connectivity index (χ4n) is 4.27. The van der Waals surface area contributed by atoms with E-state index in [1.54, 1.807) is 0 Å². The van der Waals surface area contributed by atoms with Gasteiger partial charge in [0.25, 0.3) is 0 Å². The Morgan fingerprint density at radius 1 is 1.10 bits per heavy atom. The van der Waals surface area contributed by atoms with Crippen molar-refractivity contribution in [3.05, 3.63) is 64.9 Å². The van der Waals surface area contributed by atoms with Gasteiger partial charge in [-0.15, -0.1) is 0 Å². The minimum atomic E-state index is -0.581. The lowest BCUT2D eigenvalue weighted by Crippen LogP contribution is -2.32. The Kier molecular flexibility index (Phi) is 6.24. The van der Waals surface area contributed by atoms with Crippen molar-refractivity contribution < 1.29 is 14.3 Å². The monoisotopic (exact) mass is 440 g/mol. The predicted molar refractivity (Wildman–Crippen MR) is 123 cm³/mol. The second-order valence-corrected chi connectivity index (χ2v) is 9.55. The van der Waals surface area contributed by atoms with Gasteiger partial charge in [-0.25, -0.2) is 9.78 Å². The van der Waals surface area contributed by atoms with Gasteiger partial charge in [0.2, 0.25) is 5.28 Å². The first kappa shape index (κ1) is 21.7. The van der Waals surface area contributed by atoms with E-state index in [-0.39, 0.29) is 12.0 Å². The van der Waals surface area contributed by atoms with E-state index in [2.05, 4.69) is 29.2 Å². The third-order valence-electron chi connectivity index (χ3n) is 5.70. The number of imidazole rings is 1. The molecule has 31 heavy (non-hydrogen) atoms. The van der Waals surface area contributed by atoms with Gasteiger partial charge >= 0.3 is 6.16 Å². The molecule has 1 aromatic heterocycles. The zero-order valence-corrected chi connectivity index (χ0v) is 19.1. The molecule has 0 aliphatic heterocycles. The van der Waals surface area contributed by atoms with Gasteiger partial charge in [0, 0.05) is 5.92 Å². The molecule has 0 bridgehead atoms. The topological polar surface area (TPSA) is 53.4 Å². The molecule has 1 heterocycles. The first-order chi connectivity index (χ1) is 14.8. The summed E-state index contributed by atoms with van der Waals surface area (Å²) in [4.78, 5) is 16.6. The number of carbonyl (C=O) groups excluding carboxylic acids is 1. The smallest absolute Gasteiger partial charge is 0.430 e. The molecular weight excluding hydrogens is 412 g/mol. The van der Waals surface area contributed by atoms with Gasteiger partial charge in [-0.05, 0) is 74.9 Å². The molecule has 6 heteroatoms. The van der Waals surface area contributed by atoms with Gasteiger partial charge in [-0.3, -0.25) is 0 Å². The van der Waals surface area contributed by atoms with E-state index in [9.17, 15) is 4.79 Å². The van der Waals surface area contributed by atoms with E-state index in [4.69, 9.17) is 21.1 Å². The number of fused-ring (bicyclic) bond motifs is 1. The molecule has 2 atom stereocenters. The van der Waals surface area contributed by atoms with Crippen LogP contribution in [0.15, 0.2) is 48.5 Å². The highest BCUT2D eigenvalue weighted by atomic mass is 35.5. The molecule has 0 amide bonds.